The molecule has 0 unspecified atom stereocenters. The second-order valence-corrected chi connectivity index (χ2v) is 3.90. The molecule has 0 radical (unpaired) electrons. The van der Waals surface area contributed by atoms with Crippen LogP contribution in [-0.4, -0.2) is 46.5 Å². The molecule has 1 aromatic heterocycles. The largest absolute Gasteiger partial charge is 0.326 e. The minimum atomic E-state index is -0.0969. The Bertz CT molecular complexity index is 355. The van der Waals surface area contributed by atoms with Crippen molar-refractivity contribution in [2.24, 2.45) is 5.73 Å². The molecule has 1 saturated heterocycles. The Balaban J connectivity index is 1.81. The number of amides is 1. The van der Waals surface area contributed by atoms with Crippen molar-refractivity contribution < 1.29 is 4.79 Å². The standard InChI is InChI=1S/C10H15N5O/c11-8-2-5-15(6-8)7-9(16)14-10-12-3-1-4-13-10/h1,3-4,8H,2,5-7,11H2,(H,12,13,14,16)/t8-/m1/s1. The Kier molecular flexibility index (Phi) is 3.43. The van der Waals surface area contributed by atoms with Gasteiger partial charge in [-0.15, -0.1) is 0 Å². The SMILES string of the molecule is N[C@@H]1CCN(CC(=O)Nc2ncccn2)C1. The van der Waals surface area contributed by atoms with Gasteiger partial charge in [0.1, 0.15) is 0 Å². The monoisotopic (exact) mass is 221 g/mol. The van der Waals surface area contributed by atoms with Crippen molar-refractivity contribution in [2.45, 2.75) is 12.5 Å². The summed E-state index contributed by atoms with van der Waals surface area (Å²) in [4.78, 5) is 21.5. The minimum Gasteiger partial charge on any atom is -0.326 e. The second kappa shape index (κ2) is 5.00. The highest BCUT2D eigenvalue weighted by Gasteiger charge is 2.21. The highest BCUT2D eigenvalue weighted by Crippen LogP contribution is 2.06. The number of hydrogen-bond donors (Lipinski definition) is 2. The first kappa shape index (κ1) is 11.0. The van der Waals surface area contributed by atoms with Crippen molar-refractivity contribution in [3.8, 4) is 0 Å². The van der Waals surface area contributed by atoms with E-state index in [2.05, 4.69) is 15.3 Å². The van der Waals surface area contributed by atoms with Crippen LogP contribution in [0.15, 0.2) is 18.5 Å². The third kappa shape index (κ3) is 2.98. The fourth-order valence-corrected chi connectivity index (χ4v) is 1.74. The van der Waals surface area contributed by atoms with Gasteiger partial charge in [-0.1, -0.05) is 0 Å². The summed E-state index contributed by atoms with van der Waals surface area (Å²) in [6.45, 7) is 2.01. The summed E-state index contributed by atoms with van der Waals surface area (Å²) >= 11 is 0. The fraction of sp³-hybridized carbons (Fsp3) is 0.500. The quantitative estimate of drug-likeness (QED) is 0.715. The van der Waals surface area contributed by atoms with Gasteiger partial charge >= 0.3 is 0 Å². The molecule has 0 saturated carbocycles. The van der Waals surface area contributed by atoms with E-state index in [4.69, 9.17) is 5.73 Å². The molecule has 2 heterocycles. The lowest BCUT2D eigenvalue weighted by Gasteiger charge is -2.13. The number of hydrogen-bond acceptors (Lipinski definition) is 5. The van der Waals surface area contributed by atoms with E-state index in [1.807, 2.05) is 4.90 Å². The van der Waals surface area contributed by atoms with Crippen LogP contribution in [0.25, 0.3) is 0 Å². The van der Waals surface area contributed by atoms with Crippen LogP contribution in [0, 0.1) is 0 Å². The molecular formula is C10H15N5O. The molecule has 1 aliphatic rings. The van der Waals surface area contributed by atoms with E-state index < -0.39 is 0 Å². The van der Waals surface area contributed by atoms with Crippen LogP contribution in [0.2, 0.25) is 0 Å². The molecule has 2 rings (SSSR count). The zero-order valence-corrected chi connectivity index (χ0v) is 8.97. The van der Waals surface area contributed by atoms with E-state index >= 15 is 0 Å². The Morgan fingerprint density at radius 1 is 1.56 bits per heavy atom. The third-order valence-electron chi connectivity index (χ3n) is 2.49. The van der Waals surface area contributed by atoms with Gasteiger partial charge in [0.2, 0.25) is 11.9 Å². The van der Waals surface area contributed by atoms with Crippen LogP contribution >= 0.6 is 0 Å². The fourth-order valence-electron chi connectivity index (χ4n) is 1.74. The average Bonchev–Trinajstić information content (AvgIpc) is 2.65. The molecule has 0 aliphatic carbocycles. The molecule has 1 amide bonds. The molecule has 1 aliphatic heterocycles. The van der Waals surface area contributed by atoms with Gasteiger partial charge in [-0.25, -0.2) is 9.97 Å². The molecule has 1 atom stereocenters. The van der Waals surface area contributed by atoms with Crippen LogP contribution in [-0.2, 0) is 4.79 Å². The van der Waals surface area contributed by atoms with Gasteiger partial charge in [-0.2, -0.15) is 0 Å². The molecule has 0 spiro atoms. The van der Waals surface area contributed by atoms with Crippen molar-refractivity contribution >= 4 is 11.9 Å². The van der Waals surface area contributed by atoms with Crippen LogP contribution in [0.1, 0.15) is 6.42 Å². The van der Waals surface area contributed by atoms with Gasteiger partial charge in [-0.3, -0.25) is 15.0 Å². The van der Waals surface area contributed by atoms with E-state index in [1.165, 1.54) is 0 Å². The van der Waals surface area contributed by atoms with Gasteiger partial charge in [0.25, 0.3) is 0 Å². The molecule has 6 heteroatoms. The number of carbonyl (C=O) groups is 1. The number of aromatic nitrogens is 2. The summed E-state index contributed by atoms with van der Waals surface area (Å²) in [6.07, 6.45) is 4.14. The van der Waals surface area contributed by atoms with Crippen LogP contribution in [0.5, 0.6) is 0 Å². The lowest BCUT2D eigenvalue weighted by Crippen LogP contribution is -2.34. The van der Waals surface area contributed by atoms with Crippen LogP contribution < -0.4 is 11.1 Å². The zero-order chi connectivity index (χ0) is 11.4. The number of nitrogens with zero attached hydrogens (tertiary/aromatic N) is 3. The van der Waals surface area contributed by atoms with E-state index in [-0.39, 0.29) is 11.9 Å². The lowest BCUT2D eigenvalue weighted by molar-refractivity contribution is -0.117. The minimum absolute atomic E-state index is 0.0969. The van der Waals surface area contributed by atoms with E-state index in [0.29, 0.717) is 12.5 Å². The van der Waals surface area contributed by atoms with Gasteiger partial charge in [0, 0.05) is 31.5 Å². The van der Waals surface area contributed by atoms with Gasteiger partial charge in [0.15, 0.2) is 0 Å². The lowest BCUT2D eigenvalue weighted by atomic mass is 10.3. The van der Waals surface area contributed by atoms with E-state index in [1.54, 1.807) is 18.5 Å². The van der Waals surface area contributed by atoms with Gasteiger partial charge < -0.3 is 5.73 Å². The molecule has 0 aromatic carbocycles. The van der Waals surface area contributed by atoms with Crippen molar-refractivity contribution in [3.05, 3.63) is 18.5 Å². The van der Waals surface area contributed by atoms with Crippen molar-refractivity contribution in [3.63, 3.8) is 0 Å². The Morgan fingerprint density at radius 2 is 2.31 bits per heavy atom. The number of nitrogens with one attached hydrogen (secondary N) is 1. The second-order valence-electron chi connectivity index (χ2n) is 3.90. The first-order valence-electron chi connectivity index (χ1n) is 5.29. The average molecular weight is 221 g/mol. The summed E-state index contributed by atoms with van der Waals surface area (Å²) in [5.74, 6) is 0.247. The third-order valence-corrected chi connectivity index (χ3v) is 2.49. The zero-order valence-electron chi connectivity index (χ0n) is 8.97. The number of nitrogens with two attached hydrogens (primary N) is 1. The maximum Gasteiger partial charge on any atom is 0.240 e. The van der Waals surface area contributed by atoms with Crippen LogP contribution in [0.4, 0.5) is 5.95 Å². The summed E-state index contributed by atoms with van der Waals surface area (Å²) in [6, 6.07) is 1.90. The smallest absolute Gasteiger partial charge is 0.240 e. The maximum atomic E-state index is 11.6. The van der Waals surface area contributed by atoms with Crippen molar-refractivity contribution in [1.82, 2.24) is 14.9 Å². The Labute approximate surface area is 93.9 Å². The highest BCUT2D eigenvalue weighted by atomic mass is 16.2. The summed E-state index contributed by atoms with van der Waals surface area (Å²) < 4.78 is 0. The molecular weight excluding hydrogens is 206 g/mol. The number of rotatable bonds is 3. The van der Waals surface area contributed by atoms with Gasteiger partial charge in [0.05, 0.1) is 6.54 Å². The van der Waals surface area contributed by atoms with Gasteiger partial charge in [-0.05, 0) is 12.5 Å². The highest BCUT2D eigenvalue weighted by molar-refractivity contribution is 5.90. The van der Waals surface area contributed by atoms with E-state index in [0.717, 1.165) is 19.5 Å². The topological polar surface area (TPSA) is 84.1 Å². The van der Waals surface area contributed by atoms with Crippen molar-refractivity contribution in [1.29, 1.82) is 0 Å². The molecule has 1 aromatic rings. The maximum absolute atomic E-state index is 11.6. The predicted octanol–water partition coefficient (Wildman–Crippen LogP) is -0.552. The van der Waals surface area contributed by atoms with Crippen LogP contribution in [0.3, 0.4) is 0 Å². The number of likely N-dealkylation sites (tertiary alicyclic amines) is 1. The van der Waals surface area contributed by atoms with E-state index in [9.17, 15) is 4.79 Å². The molecule has 86 valence electrons. The molecule has 0 bridgehead atoms. The summed E-state index contributed by atoms with van der Waals surface area (Å²) in [7, 11) is 0. The molecule has 3 N–H and O–H groups in total. The Morgan fingerprint density at radius 3 is 2.94 bits per heavy atom. The number of carbonyl (C=O) groups excluding carboxylic acids is 1. The molecule has 6 nitrogen and oxygen atoms in total. The predicted molar refractivity (Wildman–Crippen MR) is 59.7 cm³/mol. The Hall–Kier alpha value is -1.53. The number of anilines is 1. The first-order valence-corrected chi connectivity index (χ1v) is 5.29. The normalized spacial score (nSPS) is 20.9. The summed E-state index contributed by atoms with van der Waals surface area (Å²) in [5.41, 5.74) is 5.76. The van der Waals surface area contributed by atoms with Crippen molar-refractivity contribution in [2.75, 3.05) is 25.0 Å². The molecule has 1 fully saturated rings. The molecule has 16 heavy (non-hydrogen) atoms. The first-order chi connectivity index (χ1) is 7.74. The summed E-state index contributed by atoms with van der Waals surface area (Å²) in [5, 5.41) is 2.64.